The van der Waals surface area contributed by atoms with Crippen molar-refractivity contribution in [2.75, 3.05) is 33.4 Å². The minimum absolute atomic E-state index is 0.0512. The van der Waals surface area contributed by atoms with Crippen LogP contribution in [-0.2, 0) is 23.9 Å². The Labute approximate surface area is 153 Å². The molecule has 2 atom stereocenters. The molecule has 1 aliphatic heterocycles. The smallest absolute Gasteiger partial charge is 0.328 e. The lowest BCUT2D eigenvalue weighted by Crippen LogP contribution is -2.46. The van der Waals surface area contributed by atoms with Crippen LogP contribution in [0.3, 0.4) is 0 Å². The van der Waals surface area contributed by atoms with Crippen molar-refractivity contribution in [2.24, 2.45) is 0 Å². The predicted molar refractivity (Wildman–Crippen MR) is 93.6 cm³/mol. The molecule has 1 heterocycles. The first-order valence-corrected chi connectivity index (χ1v) is 8.90. The van der Waals surface area contributed by atoms with Gasteiger partial charge >= 0.3 is 12.2 Å². The Balaban J connectivity index is 2.53. The number of likely N-dealkylation sites (tertiary alicyclic amines) is 1. The van der Waals surface area contributed by atoms with Gasteiger partial charge in [0.1, 0.15) is 18.8 Å². The van der Waals surface area contributed by atoms with Gasteiger partial charge in [-0.15, -0.1) is 0 Å². The molecule has 0 saturated carbocycles. The average Bonchev–Trinajstić information content (AvgIpc) is 2.65. The van der Waals surface area contributed by atoms with E-state index in [0.29, 0.717) is 6.54 Å². The fourth-order valence-corrected chi connectivity index (χ4v) is 2.62. The molecule has 0 radical (unpaired) electrons. The number of ketones is 1. The number of methoxy groups -OCH3 is 1. The summed E-state index contributed by atoms with van der Waals surface area (Å²) in [6, 6.07) is -0.961. The van der Waals surface area contributed by atoms with E-state index < -0.39 is 29.8 Å². The van der Waals surface area contributed by atoms with Crippen LogP contribution in [0.2, 0.25) is 0 Å². The van der Waals surface area contributed by atoms with E-state index in [1.165, 1.54) is 13.5 Å². The lowest BCUT2D eigenvalue weighted by atomic mass is 10.1. The van der Waals surface area contributed by atoms with Crippen molar-refractivity contribution in [1.29, 1.82) is 0 Å². The lowest BCUT2D eigenvalue weighted by Gasteiger charge is -2.26. The van der Waals surface area contributed by atoms with Gasteiger partial charge in [-0.1, -0.05) is 6.42 Å². The standard InChI is InChI=1S/C17H28N4O5/c1-13(25-2)16(23)20-15(7-6-14(22)12-19-18)17(24)26-11-10-21-8-4-3-5-9-21/h12-13,15H,3-11H2,1-2H3,(H,20,23)/t13-,15-/m0/s1. The highest BCUT2D eigenvalue weighted by atomic mass is 16.5. The van der Waals surface area contributed by atoms with E-state index in [4.69, 9.17) is 15.0 Å². The number of esters is 1. The topological polar surface area (TPSA) is 121 Å². The van der Waals surface area contributed by atoms with Crippen LogP contribution in [0.4, 0.5) is 0 Å². The minimum atomic E-state index is -0.961. The number of nitrogens with zero attached hydrogens (tertiary/aromatic N) is 3. The molecule has 0 unspecified atom stereocenters. The molecule has 1 aliphatic rings. The largest absolute Gasteiger partial charge is 0.463 e. The van der Waals surface area contributed by atoms with E-state index >= 15 is 0 Å². The van der Waals surface area contributed by atoms with Crippen LogP contribution in [0.1, 0.15) is 39.0 Å². The molecule has 9 nitrogen and oxygen atoms in total. The molecule has 0 aromatic carbocycles. The number of piperidine rings is 1. The monoisotopic (exact) mass is 368 g/mol. The Bertz CT molecular complexity index is 527. The van der Waals surface area contributed by atoms with Crippen molar-refractivity contribution < 1.29 is 28.6 Å². The fraction of sp³-hybridized carbons (Fsp3) is 0.765. The summed E-state index contributed by atoms with van der Waals surface area (Å²) in [5.74, 6) is -1.51. The molecule has 1 saturated heterocycles. The van der Waals surface area contributed by atoms with Gasteiger partial charge in [-0.05, 0) is 39.3 Å². The third-order valence-corrected chi connectivity index (χ3v) is 4.31. The van der Waals surface area contributed by atoms with E-state index in [2.05, 4.69) is 15.0 Å². The van der Waals surface area contributed by atoms with Gasteiger partial charge in [0.15, 0.2) is 0 Å². The number of amides is 1. The second-order valence-corrected chi connectivity index (χ2v) is 6.26. The van der Waals surface area contributed by atoms with Gasteiger partial charge in [0.25, 0.3) is 0 Å². The molecule has 146 valence electrons. The highest BCUT2D eigenvalue weighted by Gasteiger charge is 2.26. The van der Waals surface area contributed by atoms with E-state index in [1.807, 2.05) is 0 Å². The molecule has 0 bridgehead atoms. The number of ether oxygens (including phenoxy) is 2. The van der Waals surface area contributed by atoms with Crippen LogP contribution >= 0.6 is 0 Å². The van der Waals surface area contributed by atoms with Crippen LogP contribution in [0.25, 0.3) is 5.53 Å². The molecule has 1 N–H and O–H groups in total. The first kappa shape index (κ1) is 22.0. The average molecular weight is 368 g/mol. The van der Waals surface area contributed by atoms with E-state index in [1.54, 1.807) is 6.92 Å². The molecule has 1 rings (SSSR count). The highest BCUT2D eigenvalue weighted by molar-refractivity contribution is 6.25. The third kappa shape index (κ3) is 8.33. The lowest BCUT2D eigenvalue weighted by molar-refractivity contribution is -0.149. The Morgan fingerprint density at radius 2 is 1.96 bits per heavy atom. The molecule has 1 amide bonds. The Morgan fingerprint density at radius 1 is 1.27 bits per heavy atom. The third-order valence-electron chi connectivity index (χ3n) is 4.31. The van der Waals surface area contributed by atoms with Gasteiger partial charge in [-0.3, -0.25) is 14.5 Å². The number of hydrogen-bond acceptors (Lipinski definition) is 6. The van der Waals surface area contributed by atoms with Gasteiger partial charge in [0.05, 0.1) is 0 Å². The summed E-state index contributed by atoms with van der Waals surface area (Å²) in [6.45, 7) is 4.43. The quantitative estimate of drug-likeness (QED) is 0.240. The maximum atomic E-state index is 12.3. The summed E-state index contributed by atoms with van der Waals surface area (Å²) in [7, 11) is 1.39. The number of carbonyl (C=O) groups is 3. The van der Waals surface area contributed by atoms with Gasteiger partial charge in [-0.2, -0.15) is 4.79 Å². The number of hydrogen-bond donors (Lipinski definition) is 1. The highest BCUT2D eigenvalue weighted by Crippen LogP contribution is 2.08. The van der Waals surface area contributed by atoms with E-state index in [9.17, 15) is 14.4 Å². The first-order valence-electron chi connectivity index (χ1n) is 8.90. The van der Waals surface area contributed by atoms with Crippen molar-refractivity contribution in [2.45, 2.75) is 51.2 Å². The molecule has 0 aliphatic carbocycles. The number of nitrogens with one attached hydrogen (secondary N) is 1. The van der Waals surface area contributed by atoms with Crippen LogP contribution in [0.15, 0.2) is 0 Å². The fourth-order valence-electron chi connectivity index (χ4n) is 2.62. The molecule has 9 heteroatoms. The van der Waals surface area contributed by atoms with E-state index in [-0.39, 0.29) is 19.4 Å². The second kappa shape index (κ2) is 12.3. The molecule has 0 aromatic heterocycles. The molecule has 1 fully saturated rings. The number of carbonyl (C=O) groups excluding carboxylic acids is 3. The summed E-state index contributed by atoms with van der Waals surface area (Å²) in [4.78, 5) is 40.6. The minimum Gasteiger partial charge on any atom is -0.463 e. The SMILES string of the molecule is CO[C@@H](C)C(=O)N[C@@H](CCC(=O)C=[N+]=[N-])C(=O)OCCN1CCCCC1. The second-order valence-electron chi connectivity index (χ2n) is 6.26. The zero-order valence-electron chi connectivity index (χ0n) is 15.5. The summed E-state index contributed by atoms with van der Waals surface area (Å²) in [5, 5.41) is 2.54. The Morgan fingerprint density at radius 3 is 2.58 bits per heavy atom. The summed E-state index contributed by atoms with van der Waals surface area (Å²) >= 11 is 0. The maximum absolute atomic E-state index is 12.3. The Hall–Kier alpha value is -2.09. The van der Waals surface area contributed by atoms with Crippen LogP contribution in [0.5, 0.6) is 0 Å². The van der Waals surface area contributed by atoms with E-state index in [0.717, 1.165) is 32.1 Å². The zero-order chi connectivity index (χ0) is 19.4. The van der Waals surface area contributed by atoms with Gasteiger partial charge < -0.3 is 20.3 Å². The van der Waals surface area contributed by atoms with Crippen molar-refractivity contribution in [1.82, 2.24) is 10.2 Å². The molecular formula is C17H28N4O5. The number of rotatable bonds is 11. The van der Waals surface area contributed by atoms with Crippen molar-refractivity contribution in [3.8, 4) is 0 Å². The van der Waals surface area contributed by atoms with Crippen LogP contribution in [0, 0.1) is 0 Å². The van der Waals surface area contributed by atoms with Crippen molar-refractivity contribution in [3.05, 3.63) is 5.53 Å². The normalized spacial score (nSPS) is 16.8. The molecular weight excluding hydrogens is 340 g/mol. The van der Waals surface area contributed by atoms with Gasteiger partial charge in [0, 0.05) is 20.1 Å². The molecule has 26 heavy (non-hydrogen) atoms. The van der Waals surface area contributed by atoms with Crippen LogP contribution in [-0.4, -0.2) is 79.1 Å². The first-order chi connectivity index (χ1) is 12.5. The summed E-state index contributed by atoms with van der Waals surface area (Å²) < 4.78 is 10.2. The predicted octanol–water partition coefficient (Wildman–Crippen LogP) is 0.185. The van der Waals surface area contributed by atoms with Crippen molar-refractivity contribution >= 4 is 23.9 Å². The van der Waals surface area contributed by atoms with Crippen LogP contribution < -0.4 is 5.32 Å². The Kier molecular flexibility index (Phi) is 10.4. The van der Waals surface area contributed by atoms with Gasteiger partial charge in [-0.25, -0.2) is 4.79 Å². The number of Topliss-reactive ketones (excluding diaryl/α,β-unsaturated/α-hetero) is 1. The maximum Gasteiger partial charge on any atom is 0.328 e. The zero-order valence-corrected chi connectivity index (χ0v) is 15.5. The molecule has 0 aromatic rings. The summed E-state index contributed by atoms with van der Waals surface area (Å²) in [5.41, 5.74) is 8.37. The summed E-state index contributed by atoms with van der Waals surface area (Å²) in [6.07, 6.45) is 3.55. The van der Waals surface area contributed by atoms with Gasteiger partial charge in [0.2, 0.25) is 11.7 Å². The van der Waals surface area contributed by atoms with Crippen molar-refractivity contribution in [3.63, 3.8) is 0 Å². The molecule has 0 spiro atoms.